The number of anilines is 2. The lowest BCUT2D eigenvalue weighted by Crippen LogP contribution is -2.19. The largest absolute Gasteiger partial charge is 0.320 e. The molecule has 4 rings (SSSR count). The van der Waals surface area contributed by atoms with Crippen molar-refractivity contribution in [3.05, 3.63) is 77.8 Å². The highest BCUT2D eigenvalue weighted by atomic mass is 19.1. The molecule has 182 valence electrons. The fraction of sp³-hybridized carbons (Fsp3) is 0.296. The number of hydrogen-bond donors (Lipinski definition) is 3. The summed E-state index contributed by atoms with van der Waals surface area (Å²) in [6.45, 7) is 2.44. The molecule has 0 saturated heterocycles. The first-order chi connectivity index (χ1) is 16.8. The number of likely N-dealkylation sites (N-methyl/N-ethyl adjacent to an activating group) is 1. The summed E-state index contributed by atoms with van der Waals surface area (Å²) in [4.78, 5) is 26.7. The molecule has 0 radical (unpaired) electrons. The van der Waals surface area contributed by atoms with Gasteiger partial charge in [0, 0.05) is 30.3 Å². The van der Waals surface area contributed by atoms with Crippen molar-refractivity contribution in [1.29, 1.82) is 0 Å². The van der Waals surface area contributed by atoms with Gasteiger partial charge in [0.15, 0.2) is 5.82 Å². The van der Waals surface area contributed by atoms with Crippen LogP contribution >= 0.6 is 0 Å². The zero-order valence-corrected chi connectivity index (χ0v) is 20.1. The second-order valence-electron chi connectivity index (χ2n) is 9.17. The van der Waals surface area contributed by atoms with Crippen molar-refractivity contribution in [2.45, 2.75) is 31.6 Å². The molecule has 0 bridgehead atoms. The Morgan fingerprint density at radius 1 is 1.14 bits per heavy atom. The lowest BCUT2D eigenvalue weighted by atomic mass is 9.95. The number of hydrogen-bond acceptors (Lipinski definition) is 4. The fourth-order valence-electron chi connectivity index (χ4n) is 3.72. The zero-order chi connectivity index (χ0) is 24.9. The van der Waals surface area contributed by atoms with Gasteiger partial charge in [-0.2, -0.15) is 5.10 Å². The number of rotatable bonds is 9. The Morgan fingerprint density at radius 2 is 1.91 bits per heavy atom. The van der Waals surface area contributed by atoms with Crippen molar-refractivity contribution in [3.63, 3.8) is 0 Å². The number of nitrogens with one attached hydrogen (secondary N) is 3. The van der Waals surface area contributed by atoms with Crippen LogP contribution in [-0.4, -0.2) is 47.6 Å². The summed E-state index contributed by atoms with van der Waals surface area (Å²) < 4.78 is 14.7. The van der Waals surface area contributed by atoms with E-state index in [1.54, 1.807) is 18.2 Å². The summed E-state index contributed by atoms with van der Waals surface area (Å²) in [6, 6.07) is 14.0. The van der Waals surface area contributed by atoms with Crippen molar-refractivity contribution in [2.75, 3.05) is 31.3 Å². The minimum absolute atomic E-state index is 0.113. The van der Waals surface area contributed by atoms with Crippen LogP contribution in [0.15, 0.2) is 60.7 Å². The van der Waals surface area contributed by atoms with E-state index >= 15 is 0 Å². The maximum atomic E-state index is 14.7. The van der Waals surface area contributed by atoms with Gasteiger partial charge in [0.05, 0.1) is 11.6 Å². The van der Waals surface area contributed by atoms with Crippen molar-refractivity contribution < 1.29 is 14.0 Å². The predicted molar refractivity (Wildman–Crippen MR) is 136 cm³/mol. The highest BCUT2D eigenvalue weighted by Gasteiger charge is 2.26. The average molecular weight is 476 g/mol. The zero-order valence-electron chi connectivity index (χ0n) is 20.1. The Balaban J connectivity index is 1.42. The molecule has 2 amide bonds. The van der Waals surface area contributed by atoms with E-state index in [0.717, 1.165) is 29.7 Å². The summed E-state index contributed by atoms with van der Waals surface area (Å²) in [5.41, 5.74) is 3.41. The predicted octanol–water partition coefficient (Wildman–Crippen LogP) is 4.89. The van der Waals surface area contributed by atoms with E-state index < -0.39 is 11.7 Å². The van der Waals surface area contributed by atoms with Crippen LogP contribution in [0.5, 0.6) is 0 Å². The number of halogens is 1. The third-order valence-corrected chi connectivity index (χ3v) is 5.95. The molecular weight excluding hydrogens is 445 g/mol. The maximum Gasteiger partial charge on any atom is 0.248 e. The smallest absolute Gasteiger partial charge is 0.248 e. The normalized spacial score (nSPS) is 14.3. The van der Waals surface area contributed by atoms with Gasteiger partial charge in [0.25, 0.3) is 0 Å². The van der Waals surface area contributed by atoms with Gasteiger partial charge in [-0.3, -0.25) is 14.7 Å². The van der Waals surface area contributed by atoms with Gasteiger partial charge in [-0.15, -0.1) is 0 Å². The molecule has 1 fully saturated rings. The van der Waals surface area contributed by atoms with Crippen molar-refractivity contribution in [2.24, 2.45) is 0 Å². The topological polar surface area (TPSA) is 90.1 Å². The molecule has 1 atom stereocenters. The van der Waals surface area contributed by atoms with Crippen LogP contribution in [0.3, 0.4) is 0 Å². The van der Waals surface area contributed by atoms with Gasteiger partial charge >= 0.3 is 0 Å². The monoisotopic (exact) mass is 475 g/mol. The Labute approximate surface area is 204 Å². The molecule has 1 unspecified atom stereocenters. The molecule has 8 heteroatoms. The highest BCUT2D eigenvalue weighted by molar-refractivity contribution is 5.99. The molecule has 0 aliphatic heterocycles. The lowest BCUT2D eigenvalue weighted by molar-refractivity contribution is -0.117. The van der Waals surface area contributed by atoms with Crippen molar-refractivity contribution in [3.8, 4) is 11.1 Å². The maximum absolute atomic E-state index is 14.7. The summed E-state index contributed by atoms with van der Waals surface area (Å²) in [6.07, 6.45) is 5.41. The summed E-state index contributed by atoms with van der Waals surface area (Å²) in [5.74, 6) is -0.450. The molecule has 3 N–H and O–H groups in total. The lowest BCUT2D eigenvalue weighted by Gasteiger charge is -2.13. The van der Waals surface area contributed by atoms with E-state index in [1.165, 1.54) is 12.1 Å². The highest BCUT2D eigenvalue weighted by Crippen LogP contribution is 2.39. The molecule has 1 aliphatic carbocycles. The third-order valence-electron chi connectivity index (χ3n) is 5.95. The van der Waals surface area contributed by atoms with Gasteiger partial charge in [-0.05, 0) is 62.7 Å². The molecular formula is C27H30FN5O2. The van der Waals surface area contributed by atoms with E-state index in [0.29, 0.717) is 23.8 Å². The first-order valence-corrected chi connectivity index (χ1v) is 11.7. The van der Waals surface area contributed by atoms with Crippen LogP contribution in [0.4, 0.5) is 15.9 Å². The molecule has 1 aliphatic rings. The van der Waals surface area contributed by atoms with Crippen molar-refractivity contribution in [1.82, 2.24) is 15.1 Å². The van der Waals surface area contributed by atoms with E-state index in [-0.39, 0.29) is 17.5 Å². The molecule has 7 nitrogen and oxygen atoms in total. The fourth-order valence-corrected chi connectivity index (χ4v) is 3.72. The van der Waals surface area contributed by atoms with Crippen LogP contribution in [0.1, 0.15) is 42.9 Å². The molecule has 0 spiro atoms. The van der Waals surface area contributed by atoms with E-state index in [1.807, 2.05) is 56.3 Å². The van der Waals surface area contributed by atoms with Gasteiger partial charge in [0.2, 0.25) is 11.8 Å². The van der Waals surface area contributed by atoms with Crippen LogP contribution in [0, 0.1) is 5.82 Å². The van der Waals surface area contributed by atoms with Gasteiger partial charge in [-0.25, -0.2) is 4.39 Å². The van der Waals surface area contributed by atoms with Crippen LogP contribution in [0.2, 0.25) is 0 Å². The Bertz CT molecular complexity index is 1250. The standard InChI is InChI=1S/C27H30FN5O2/c1-17(27(35)30-25-16-24(31-32-25)18-9-10-18)19-6-4-7-20(14-19)21-11-12-23(22(28)15-21)29-26(34)8-5-13-33(2)3/h4-8,11-12,14-18H,9-10,13H2,1-3H3,(H,29,34)(H2,30,31,32,35)/b8-5+. The Morgan fingerprint density at radius 3 is 2.63 bits per heavy atom. The average Bonchev–Trinajstić information content (AvgIpc) is 3.58. The van der Waals surface area contributed by atoms with E-state index in [2.05, 4.69) is 20.8 Å². The first-order valence-electron chi connectivity index (χ1n) is 11.7. The minimum Gasteiger partial charge on any atom is -0.320 e. The molecule has 1 heterocycles. The number of nitrogens with zero attached hydrogens (tertiary/aromatic N) is 2. The number of H-pyrrole nitrogens is 1. The molecule has 2 aromatic carbocycles. The van der Waals surface area contributed by atoms with Gasteiger partial charge in [-0.1, -0.05) is 36.4 Å². The number of aromatic amines is 1. The van der Waals surface area contributed by atoms with Crippen LogP contribution < -0.4 is 10.6 Å². The number of carbonyl (C=O) groups is 2. The number of amides is 2. The minimum atomic E-state index is -0.530. The van der Waals surface area contributed by atoms with Crippen LogP contribution in [0.25, 0.3) is 11.1 Å². The molecule has 35 heavy (non-hydrogen) atoms. The number of aromatic nitrogens is 2. The number of carbonyl (C=O) groups excluding carboxylic acids is 2. The first kappa shape index (κ1) is 24.3. The van der Waals surface area contributed by atoms with Gasteiger partial charge < -0.3 is 15.5 Å². The summed E-state index contributed by atoms with van der Waals surface area (Å²) >= 11 is 0. The molecule has 1 aromatic heterocycles. The van der Waals surface area contributed by atoms with Crippen molar-refractivity contribution >= 4 is 23.3 Å². The molecule has 3 aromatic rings. The Hall–Kier alpha value is -3.78. The third kappa shape index (κ3) is 6.42. The summed E-state index contributed by atoms with van der Waals surface area (Å²) in [7, 11) is 3.79. The van der Waals surface area contributed by atoms with E-state index in [9.17, 15) is 14.0 Å². The second-order valence-corrected chi connectivity index (χ2v) is 9.17. The second kappa shape index (κ2) is 10.7. The number of benzene rings is 2. The Kier molecular flexibility index (Phi) is 7.41. The van der Waals surface area contributed by atoms with Gasteiger partial charge in [0.1, 0.15) is 5.82 Å². The molecule has 1 saturated carbocycles. The van der Waals surface area contributed by atoms with E-state index in [4.69, 9.17) is 0 Å². The summed E-state index contributed by atoms with van der Waals surface area (Å²) in [5, 5.41) is 12.6. The SMILES string of the molecule is CC(C(=O)Nc1cc(C2CC2)[nH]n1)c1cccc(-c2ccc(NC(=O)/C=C/CN(C)C)c(F)c2)c1. The van der Waals surface area contributed by atoms with Crippen LogP contribution in [-0.2, 0) is 9.59 Å². The quantitative estimate of drug-likeness (QED) is 0.384.